The van der Waals surface area contributed by atoms with Crippen molar-refractivity contribution in [3.05, 3.63) is 54.9 Å². The Hall–Kier alpha value is -0.900. The Morgan fingerprint density at radius 3 is 2.39 bits per heavy atom. The van der Waals surface area contributed by atoms with Gasteiger partial charge in [-0.2, -0.15) is 0 Å². The van der Waals surface area contributed by atoms with Crippen LogP contribution in [0.3, 0.4) is 0 Å². The molecule has 1 heterocycles. The number of hydrogen-bond acceptors (Lipinski definition) is 1. The first kappa shape index (κ1) is 13.5. The van der Waals surface area contributed by atoms with Gasteiger partial charge in [-0.25, -0.2) is 4.68 Å². The van der Waals surface area contributed by atoms with Crippen molar-refractivity contribution in [2.75, 3.05) is 0 Å². The Morgan fingerprint density at radius 2 is 1.89 bits per heavy atom. The lowest BCUT2D eigenvalue weighted by Crippen LogP contribution is -2.22. The molecule has 3 nitrogen and oxygen atoms in total. The van der Waals surface area contributed by atoms with Crippen LogP contribution in [-0.4, -0.2) is 9.78 Å². The van der Waals surface area contributed by atoms with E-state index >= 15 is 0 Å². The van der Waals surface area contributed by atoms with Crippen molar-refractivity contribution in [1.29, 1.82) is 0 Å². The summed E-state index contributed by atoms with van der Waals surface area (Å²) in [4.78, 5) is 11.9. The lowest BCUT2D eigenvalue weighted by Gasteiger charge is -2.13. The zero-order valence-corrected chi connectivity index (χ0v) is 12.1. The molecule has 0 saturated heterocycles. The number of benzene rings is 1. The molecule has 0 aliphatic rings. The van der Waals surface area contributed by atoms with Crippen molar-refractivity contribution < 1.29 is 0 Å². The van der Waals surface area contributed by atoms with Gasteiger partial charge in [0.15, 0.2) is 0 Å². The summed E-state index contributed by atoms with van der Waals surface area (Å²) in [5.41, 5.74) is 1.24. The number of nitrogens with one attached hydrogen (secondary N) is 1. The smallest absolute Gasteiger partial charge is 0.271 e. The third-order valence-corrected chi connectivity index (χ3v) is 4.01. The van der Waals surface area contributed by atoms with Gasteiger partial charge >= 0.3 is 0 Å². The summed E-state index contributed by atoms with van der Waals surface area (Å²) in [6.45, 7) is 3.56. The minimum absolute atomic E-state index is 0.140. The predicted octanol–water partition coefficient (Wildman–Crippen LogP) is 4.05. The Labute approximate surface area is 119 Å². The molecule has 2 aromatic rings. The van der Waals surface area contributed by atoms with Crippen LogP contribution in [0.5, 0.6) is 0 Å². The van der Waals surface area contributed by atoms with E-state index in [9.17, 15) is 4.79 Å². The Kier molecular flexibility index (Phi) is 3.76. The van der Waals surface area contributed by atoms with Crippen LogP contribution in [0.15, 0.2) is 23.0 Å². The second-order valence-electron chi connectivity index (χ2n) is 4.08. The molecule has 0 aliphatic carbocycles. The number of aromatic amines is 1. The van der Waals surface area contributed by atoms with E-state index in [4.69, 9.17) is 34.8 Å². The summed E-state index contributed by atoms with van der Waals surface area (Å²) in [6.07, 6.45) is 0. The van der Waals surface area contributed by atoms with Crippen LogP contribution >= 0.6 is 34.8 Å². The lowest BCUT2D eigenvalue weighted by molar-refractivity contribution is 0.547. The summed E-state index contributed by atoms with van der Waals surface area (Å²) < 4.78 is 1.47. The normalized spacial score (nSPS) is 12.7. The van der Waals surface area contributed by atoms with Crippen molar-refractivity contribution in [2.24, 2.45) is 0 Å². The summed E-state index contributed by atoms with van der Waals surface area (Å²) >= 11 is 17.7. The van der Waals surface area contributed by atoms with Crippen molar-refractivity contribution in [3.63, 3.8) is 0 Å². The number of H-pyrrole nitrogens is 1. The summed E-state index contributed by atoms with van der Waals surface area (Å²) in [6, 6.07) is 5.08. The fourth-order valence-electron chi connectivity index (χ4n) is 1.71. The SMILES string of the molecule is Cc1c(Cl)[nH]n(C(C)c2ccc(Cl)c(Cl)c2)c1=O. The number of hydrogen-bond donors (Lipinski definition) is 1. The third-order valence-electron chi connectivity index (χ3n) is 2.90. The van der Waals surface area contributed by atoms with Crippen molar-refractivity contribution in [2.45, 2.75) is 19.9 Å². The van der Waals surface area contributed by atoms with E-state index in [0.29, 0.717) is 20.8 Å². The minimum Gasteiger partial charge on any atom is -0.284 e. The van der Waals surface area contributed by atoms with Gasteiger partial charge in [0, 0.05) is 0 Å². The second kappa shape index (κ2) is 5.00. The van der Waals surface area contributed by atoms with Gasteiger partial charge in [0.25, 0.3) is 5.56 Å². The molecule has 0 saturated carbocycles. The zero-order valence-electron chi connectivity index (χ0n) is 9.80. The molecule has 2 rings (SSSR count). The highest BCUT2D eigenvalue weighted by Gasteiger charge is 2.15. The largest absolute Gasteiger partial charge is 0.284 e. The molecular formula is C12H11Cl3N2O. The van der Waals surface area contributed by atoms with Gasteiger partial charge in [-0.15, -0.1) is 0 Å². The van der Waals surface area contributed by atoms with Gasteiger partial charge in [0.05, 0.1) is 21.7 Å². The number of halogens is 3. The van der Waals surface area contributed by atoms with Gasteiger partial charge in [0.1, 0.15) is 5.15 Å². The molecular weight excluding hydrogens is 295 g/mol. The van der Waals surface area contributed by atoms with E-state index < -0.39 is 0 Å². The maximum Gasteiger partial charge on any atom is 0.271 e. The van der Waals surface area contributed by atoms with Crippen molar-refractivity contribution in [1.82, 2.24) is 9.78 Å². The van der Waals surface area contributed by atoms with E-state index in [1.54, 1.807) is 19.1 Å². The van der Waals surface area contributed by atoms with Crippen LogP contribution in [0.25, 0.3) is 0 Å². The van der Waals surface area contributed by atoms with E-state index in [2.05, 4.69) is 5.10 Å². The van der Waals surface area contributed by atoms with E-state index in [0.717, 1.165) is 5.56 Å². The third kappa shape index (κ3) is 2.30. The summed E-state index contributed by atoms with van der Waals surface area (Å²) in [5, 5.41) is 4.14. The standard InChI is InChI=1S/C12H11Cl3N2O/c1-6-11(15)16-17(12(6)18)7(2)8-3-4-9(13)10(14)5-8/h3-5,7,16H,1-2H3. The first-order valence-corrected chi connectivity index (χ1v) is 6.46. The molecule has 1 atom stereocenters. The van der Waals surface area contributed by atoms with E-state index in [-0.39, 0.29) is 11.6 Å². The van der Waals surface area contributed by atoms with Crippen LogP contribution in [-0.2, 0) is 0 Å². The van der Waals surface area contributed by atoms with Crippen LogP contribution in [0.2, 0.25) is 15.2 Å². The molecule has 1 unspecified atom stereocenters. The molecule has 1 aromatic heterocycles. The average molecular weight is 306 g/mol. The fourth-order valence-corrected chi connectivity index (χ4v) is 2.19. The Bertz CT molecular complexity index is 645. The molecule has 1 N–H and O–H groups in total. The van der Waals surface area contributed by atoms with Gasteiger partial charge in [-0.05, 0) is 31.5 Å². The van der Waals surface area contributed by atoms with E-state index in [1.807, 2.05) is 13.0 Å². The summed E-state index contributed by atoms with van der Waals surface area (Å²) in [5.74, 6) is 0. The molecule has 1 aromatic carbocycles. The molecule has 0 spiro atoms. The van der Waals surface area contributed by atoms with Crippen molar-refractivity contribution >= 4 is 34.8 Å². The number of aromatic nitrogens is 2. The minimum atomic E-state index is -0.196. The Balaban J connectivity index is 2.47. The molecule has 0 bridgehead atoms. The maximum atomic E-state index is 11.9. The molecule has 96 valence electrons. The first-order valence-electron chi connectivity index (χ1n) is 5.33. The topological polar surface area (TPSA) is 37.8 Å². The zero-order chi connectivity index (χ0) is 13.4. The highest BCUT2D eigenvalue weighted by molar-refractivity contribution is 6.42. The van der Waals surface area contributed by atoms with Crippen molar-refractivity contribution in [3.8, 4) is 0 Å². The second-order valence-corrected chi connectivity index (χ2v) is 5.27. The fraction of sp³-hybridized carbons (Fsp3) is 0.250. The molecule has 0 radical (unpaired) electrons. The highest BCUT2D eigenvalue weighted by Crippen LogP contribution is 2.26. The molecule has 0 amide bonds. The monoisotopic (exact) mass is 304 g/mol. The molecule has 0 aliphatic heterocycles. The maximum absolute atomic E-state index is 11.9. The van der Waals surface area contributed by atoms with Crippen LogP contribution in [0.1, 0.15) is 24.1 Å². The van der Waals surface area contributed by atoms with Crippen LogP contribution < -0.4 is 5.56 Å². The quantitative estimate of drug-likeness (QED) is 0.893. The van der Waals surface area contributed by atoms with Gasteiger partial charge in [0.2, 0.25) is 0 Å². The number of rotatable bonds is 2. The highest BCUT2D eigenvalue weighted by atomic mass is 35.5. The lowest BCUT2D eigenvalue weighted by atomic mass is 10.1. The van der Waals surface area contributed by atoms with Gasteiger partial charge < -0.3 is 0 Å². The Morgan fingerprint density at radius 1 is 1.22 bits per heavy atom. The molecule has 6 heteroatoms. The van der Waals surface area contributed by atoms with E-state index in [1.165, 1.54) is 4.68 Å². The number of nitrogens with zero attached hydrogens (tertiary/aromatic N) is 1. The van der Waals surface area contributed by atoms with Gasteiger partial charge in [-0.1, -0.05) is 40.9 Å². The molecule has 18 heavy (non-hydrogen) atoms. The predicted molar refractivity (Wildman–Crippen MR) is 75.1 cm³/mol. The average Bonchev–Trinajstić information content (AvgIpc) is 2.60. The molecule has 0 fully saturated rings. The van der Waals surface area contributed by atoms with Gasteiger partial charge in [-0.3, -0.25) is 9.89 Å². The van der Waals surface area contributed by atoms with Crippen LogP contribution in [0, 0.1) is 6.92 Å². The first-order chi connectivity index (χ1) is 8.41. The van der Waals surface area contributed by atoms with Crippen LogP contribution in [0.4, 0.5) is 0 Å². The summed E-state index contributed by atoms with van der Waals surface area (Å²) in [7, 11) is 0.